The molecular formula is C21H26ClN3O4. The molecule has 2 N–H and O–H groups in total. The quantitative estimate of drug-likeness (QED) is 0.652. The molecule has 0 saturated carbocycles. The Kier molecular flexibility index (Phi) is 8.30. The van der Waals surface area contributed by atoms with Gasteiger partial charge >= 0.3 is 0 Å². The average Bonchev–Trinajstić information content (AvgIpc) is 2.68. The summed E-state index contributed by atoms with van der Waals surface area (Å²) < 4.78 is 10.6. The van der Waals surface area contributed by atoms with Gasteiger partial charge in [0.15, 0.2) is 0 Å². The third-order valence-electron chi connectivity index (χ3n) is 4.26. The number of hydrogen-bond acceptors (Lipinski definition) is 5. The van der Waals surface area contributed by atoms with Gasteiger partial charge in [0.25, 0.3) is 0 Å². The molecule has 7 nitrogen and oxygen atoms in total. The highest BCUT2D eigenvalue weighted by Gasteiger charge is 2.17. The number of benzene rings is 2. The van der Waals surface area contributed by atoms with E-state index in [1.165, 1.54) is 0 Å². The number of amides is 2. The van der Waals surface area contributed by atoms with E-state index in [1.54, 1.807) is 62.6 Å². The lowest BCUT2D eigenvalue weighted by molar-refractivity contribution is -0.123. The van der Waals surface area contributed by atoms with E-state index in [-0.39, 0.29) is 30.9 Å². The monoisotopic (exact) mass is 419 g/mol. The normalized spacial score (nSPS) is 11.7. The molecule has 0 aliphatic heterocycles. The van der Waals surface area contributed by atoms with E-state index in [2.05, 4.69) is 10.6 Å². The van der Waals surface area contributed by atoms with E-state index in [0.717, 1.165) is 5.56 Å². The fourth-order valence-corrected chi connectivity index (χ4v) is 3.02. The number of hydrogen-bond donors (Lipinski definition) is 2. The molecule has 0 spiro atoms. The van der Waals surface area contributed by atoms with Crippen molar-refractivity contribution in [3.8, 4) is 11.5 Å². The van der Waals surface area contributed by atoms with E-state index in [4.69, 9.17) is 21.1 Å². The highest BCUT2D eigenvalue weighted by Crippen LogP contribution is 2.29. The number of likely N-dealkylation sites (N-methyl/N-ethyl adjacent to an activating group) is 1. The SMILES string of the molecule is COc1ccc(OC)c(C(C)NC(=O)CN(C)CC(=O)Nc2ccccc2Cl)c1. The van der Waals surface area contributed by atoms with Crippen molar-refractivity contribution in [2.45, 2.75) is 13.0 Å². The number of methoxy groups -OCH3 is 2. The predicted octanol–water partition coefficient (Wildman–Crippen LogP) is 3.10. The zero-order valence-corrected chi connectivity index (χ0v) is 17.7. The summed E-state index contributed by atoms with van der Waals surface area (Å²) in [6.07, 6.45) is 0. The van der Waals surface area contributed by atoms with E-state index in [9.17, 15) is 9.59 Å². The summed E-state index contributed by atoms with van der Waals surface area (Å²) in [5.41, 5.74) is 1.34. The van der Waals surface area contributed by atoms with Gasteiger partial charge in [0.2, 0.25) is 11.8 Å². The first-order valence-electron chi connectivity index (χ1n) is 9.08. The van der Waals surface area contributed by atoms with E-state index < -0.39 is 0 Å². The van der Waals surface area contributed by atoms with Crippen molar-refractivity contribution in [1.29, 1.82) is 0 Å². The van der Waals surface area contributed by atoms with Gasteiger partial charge in [-0.25, -0.2) is 0 Å². The summed E-state index contributed by atoms with van der Waals surface area (Å²) in [5.74, 6) is 0.868. The molecule has 0 bridgehead atoms. The second kappa shape index (κ2) is 10.7. The molecule has 0 radical (unpaired) electrons. The Labute approximate surface area is 175 Å². The number of nitrogens with zero attached hydrogens (tertiary/aromatic N) is 1. The second-order valence-corrected chi connectivity index (χ2v) is 7.00. The summed E-state index contributed by atoms with van der Waals surface area (Å²) in [4.78, 5) is 26.2. The van der Waals surface area contributed by atoms with Crippen LogP contribution in [0.2, 0.25) is 5.02 Å². The lowest BCUT2D eigenvalue weighted by Gasteiger charge is -2.21. The Bertz CT molecular complexity index is 860. The summed E-state index contributed by atoms with van der Waals surface area (Å²) >= 11 is 6.04. The van der Waals surface area contributed by atoms with Crippen LogP contribution in [0.4, 0.5) is 5.69 Å². The van der Waals surface area contributed by atoms with Gasteiger partial charge in [0, 0.05) is 5.56 Å². The van der Waals surface area contributed by atoms with Crippen LogP contribution in [0, 0.1) is 0 Å². The number of carbonyl (C=O) groups excluding carboxylic acids is 2. The van der Waals surface area contributed by atoms with Gasteiger partial charge in [0.05, 0.1) is 44.1 Å². The molecule has 2 aromatic rings. The number of rotatable bonds is 9. The summed E-state index contributed by atoms with van der Waals surface area (Å²) in [6, 6.07) is 12.1. The molecule has 8 heteroatoms. The summed E-state index contributed by atoms with van der Waals surface area (Å²) in [5, 5.41) is 6.11. The smallest absolute Gasteiger partial charge is 0.238 e. The molecule has 0 aliphatic carbocycles. The Balaban J connectivity index is 1.89. The first kappa shape index (κ1) is 22.5. The van der Waals surface area contributed by atoms with Crippen LogP contribution in [0.1, 0.15) is 18.5 Å². The minimum absolute atomic E-state index is 0.0511. The second-order valence-electron chi connectivity index (χ2n) is 6.60. The largest absolute Gasteiger partial charge is 0.497 e. The lowest BCUT2D eigenvalue weighted by atomic mass is 10.1. The number of nitrogens with one attached hydrogen (secondary N) is 2. The molecule has 2 rings (SSSR count). The molecule has 0 heterocycles. The number of carbonyl (C=O) groups is 2. The fraction of sp³-hybridized carbons (Fsp3) is 0.333. The molecule has 1 unspecified atom stereocenters. The molecule has 1 atom stereocenters. The van der Waals surface area contributed by atoms with Crippen LogP contribution < -0.4 is 20.1 Å². The van der Waals surface area contributed by atoms with Gasteiger partial charge in [0.1, 0.15) is 11.5 Å². The first-order valence-corrected chi connectivity index (χ1v) is 9.46. The zero-order chi connectivity index (χ0) is 21.4. The molecule has 0 aromatic heterocycles. The number of halogens is 1. The third-order valence-corrected chi connectivity index (χ3v) is 4.59. The molecule has 2 amide bonds. The minimum Gasteiger partial charge on any atom is -0.497 e. The molecule has 2 aromatic carbocycles. The van der Waals surface area contributed by atoms with Crippen molar-refractivity contribution < 1.29 is 19.1 Å². The van der Waals surface area contributed by atoms with Gasteiger partial charge in [-0.15, -0.1) is 0 Å². The Morgan fingerprint density at radius 3 is 2.41 bits per heavy atom. The Hall–Kier alpha value is -2.77. The van der Waals surface area contributed by atoms with Gasteiger partial charge in [-0.3, -0.25) is 14.5 Å². The minimum atomic E-state index is -0.294. The maximum Gasteiger partial charge on any atom is 0.238 e. The number of ether oxygens (including phenoxy) is 2. The third kappa shape index (κ3) is 6.66. The van der Waals surface area contributed by atoms with E-state index in [0.29, 0.717) is 22.2 Å². The molecule has 29 heavy (non-hydrogen) atoms. The first-order chi connectivity index (χ1) is 13.8. The molecule has 0 fully saturated rings. The highest BCUT2D eigenvalue weighted by atomic mass is 35.5. The van der Waals surface area contributed by atoms with Gasteiger partial charge in [-0.1, -0.05) is 23.7 Å². The Morgan fingerprint density at radius 2 is 1.76 bits per heavy atom. The van der Waals surface area contributed by atoms with E-state index in [1.807, 2.05) is 13.0 Å². The van der Waals surface area contributed by atoms with Crippen LogP contribution in [0.25, 0.3) is 0 Å². The maximum absolute atomic E-state index is 12.4. The van der Waals surface area contributed by atoms with Crippen molar-refractivity contribution >= 4 is 29.1 Å². The number of anilines is 1. The highest BCUT2D eigenvalue weighted by molar-refractivity contribution is 6.33. The van der Waals surface area contributed by atoms with Crippen molar-refractivity contribution in [2.75, 3.05) is 39.7 Å². The zero-order valence-electron chi connectivity index (χ0n) is 17.0. The van der Waals surface area contributed by atoms with Crippen molar-refractivity contribution in [2.24, 2.45) is 0 Å². The number of para-hydroxylation sites is 1. The maximum atomic E-state index is 12.4. The van der Waals surface area contributed by atoms with Crippen LogP contribution in [0.15, 0.2) is 42.5 Å². The van der Waals surface area contributed by atoms with Crippen LogP contribution in [0.5, 0.6) is 11.5 Å². The summed E-state index contributed by atoms with van der Waals surface area (Å²) in [7, 11) is 4.85. The van der Waals surface area contributed by atoms with Crippen LogP contribution in [0.3, 0.4) is 0 Å². The van der Waals surface area contributed by atoms with Crippen molar-refractivity contribution in [1.82, 2.24) is 10.2 Å². The van der Waals surface area contributed by atoms with Gasteiger partial charge < -0.3 is 20.1 Å². The summed E-state index contributed by atoms with van der Waals surface area (Å²) in [6.45, 7) is 1.97. The lowest BCUT2D eigenvalue weighted by Crippen LogP contribution is -2.39. The van der Waals surface area contributed by atoms with Gasteiger partial charge in [-0.2, -0.15) is 0 Å². The van der Waals surface area contributed by atoms with Crippen LogP contribution in [-0.2, 0) is 9.59 Å². The Morgan fingerprint density at radius 1 is 1.07 bits per heavy atom. The molecule has 156 valence electrons. The fourth-order valence-electron chi connectivity index (χ4n) is 2.84. The van der Waals surface area contributed by atoms with E-state index >= 15 is 0 Å². The standard InChI is InChI=1S/C21H26ClN3O4/c1-14(16-11-15(28-3)9-10-19(16)29-4)23-20(26)12-25(2)13-21(27)24-18-8-6-5-7-17(18)22/h5-11,14H,12-13H2,1-4H3,(H,23,26)(H,24,27). The average molecular weight is 420 g/mol. The molecular weight excluding hydrogens is 394 g/mol. The van der Waals surface area contributed by atoms with Crippen LogP contribution in [-0.4, -0.2) is 51.1 Å². The van der Waals surface area contributed by atoms with Crippen molar-refractivity contribution in [3.05, 3.63) is 53.1 Å². The topological polar surface area (TPSA) is 79.9 Å². The molecule has 0 saturated heterocycles. The predicted molar refractivity (Wildman–Crippen MR) is 114 cm³/mol. The van der Waals surface area contributed by atoms with Crippen LogP contribution >= 0.6 is 11.6 Å². The molecule has 0 aliphatic rings. The van der Waals surface area contributed by atoms with Gasteiger partial charge in [-0.05, 0) is 44.3 Å². The van der Waals surface area contributed by atoms with Crippen molar-refractivity contribution in [3.63, 3.8) is 0 Å².